The van der Waals surface area contributed by atoms with Crippen molar-refractivity contribution < 1.29 is 9.90 Å². The van der Waals surface area contributed by atoms with E-state index >= 15 is 0 Å². The van der Waals surface area contributed by atoms with Crippen LogP contribution in [0.25, 0.3) is 0 Å². The van der Waals surface area contributed by atoms with E-state index in [-0.39, 0.29) is 11.2 Å². The van der Waals surface area contributed by atoms with Crippen LogP contribution in [-0.4, -0.2) is 16.8 Å². The fourth-order valence-corrected chi connectivity index (χ4v) is 2.37. The monoisotopic (exact) mass is 238 g/mol. The molecule has 0 spiro atoms. The number of hydrogen-bond donors (Lipinski definition) is 1. The van der Waals surface area contributed by atoms with Crippen LogP contribution in [0.1, 0.15) is 31.9 Å². The van der Waals surface area contributed by atoms with E-state index in [1.54, 1.807) is 0 Å². The highest BCUT2D eigenvalue weighted by atomic mass is 32.2. The highest BCUT2D eigenvalue weighted by Crippen LogP contribution is 2.28. The summed E-state index contributed by atoms with van der Waals surface area (Å²) in [7, 11) is 0. The minimum atomic E-state index is -0.752. The van der Waals surface area contributed by atoms with Crippen molar-refractivity contribution in [2.45, 2.75) is 31.9 Å². The molecule has 1 aromatic rings. The predicted molar refractivity (Wildman–Crippen MR) is 68.9 cm³/mol. The van der Waals surface area contributed by atoms with E-state index < -0.39 is 5.97 Å². The van der Waals surface area contributed by atoms with Crippen molar-refractivity contribution in [3.8, 4) is 0 Å². The van der Waals surface area contributed by atoms with Crippen molar-refractivity contribution in [3.05, 3.63) is 35.4 Å². The molecule has 0 aliphatic carbocycles. The van der Waals surface area contributed by atoms with E-state index in [9.17, 15) is 4.79 Å². The number of carbonyl (C=O) groups is 1. The van der Waals surface area contributed by atoms with E-state index in [2.05, 4.69) is 32.9 Å². The van der Waals surface area contributed by atoms with Gasteiger partial charge in [0.2, 0.25) is 0 Å². The van der Waals surface area contributed by atoms with Gasteiger partial charge >= 0.3 is 5.97 Å². The fourth-order valence-electron chi connectivity index (χ4n) is 1.63. The lowest BCUT2D eigenvalue weighted by atomic mass is 9.84. The van der Waals surface area contributed by atoms with Crippen molar-refractivity contribution in [1.29, 1.82) is 0 Å². The maximum Gasteiger partial charge on any atom is 0.313 e. The topological polar surface area (TPSA) is 37.3 Å². The molecule has 2 nitrogen and oxygen atoms in total. The van der Waals surface area contributed by atoms with Gasteiger partial charge in [0, 0.05) is 5.75 Å². The molecule has 0 saturated carbocycles. The summed E-state index contributed by atoms with van der Waals surface area (Å²) in [5, 5.41) is 8.60. The normalized spacial score (nSPS) is 11.4. The van der Waals surface area contributed by atoms with Crippen molar-refractivity contribution in [3.63, 3.8) is 0 Å². The van der Waals surface area contributed by atoms with Crippen molar-refractivity contribution in [2.24, 2.45) is 0 Å². The summed E-state index contributed by atoms with van der Waals surface area (Å²) in [4.78, 5) is 10.5. The highest BCUT2D eigenvalue weighted by molar-refractivity contribution is 7.99. The number of thioether (sulfide) groups is 1. The van der Waals surface area contributed by atoms with Gasteiger partial charge in [0.1, 0.15) is 0 Å². The van der Waals surface area contributed by atoms with Gasteiger partial charge in [-0.1, -0.05) is 45.0 Å². The Kier molecular flexibility index (Phi) is 4.42. The van der Waals surface area contributed by atoms with Gasteiger partial charge in [-0.3, -0.25) is 4.79 Å². The highest BCUT2D eigenvalue weighted by Gasteiger charge is 2.17. The van der Waals surface area contributed by atoms with Crippen LogP contribution in [0.2, 0.25) is 0 Å². The average Bonchev–Trinajstić information content (AvgIpc) is 2.16. The standard InChI is InChI=1S/C13H18O2S/c1-13(2,3)11-7-5-4-6-10(11)8-16-9-12(14)15/h4-7H,8-9H2,1-3H3,(H,14,15). The molecule has 3 heteroatoms. The van der Waals surface area contributed by atoms with Crippen LogP contribution >= 0.6 is 11.8 Å². The van der Waals surface area contributed by atoms with Gasteiger partial charge in [0.15, 0.2) is 0 Å². The van der Waals surface area contributed by atoms with Crippen molar-refractivity contribution >= 4 is 17.7 Å². The first-order valence-corrected chi connectivity index (χ1v) is 6.44. The molecular weight excluding hydrogens is 220 g/mol. The molecular formula is C13H18O2S. The number of aliphatic carboxylic acids is 1. The van der Waals surface area contributed by atoms with Crippen molar-refractivity contribution in [2.75, 3.05) is 5.75 Å². The van der Waals surface area contributed by atoms with Gasteiger partial charge in [0.05, 0.1) is 5.75 Å². The van der Waals surface area contributed by atoms with Gasteiger partial charge in [-0.25, -0.2) is 0 Å². The fraction of sp³-hybridized carbons (Fsp3) is 0.462. The SMILES string of the molecule is CC(C)(C)c1ccccc1CSCC(=O)O. The van der Waals surface area contributed by atoms with Gasteiger partial charge in [-0.2, -0.15) is 0 Å². The second-order valence-corrected chi connectivity index (χ2v) is 5.78. The Bertz CT molecular complexity index is 366. The van der Waals surface area contributed by atoms with Crippen LogP contribution in [0.15, 0.2) is 24.3 Å². The summed E-state index contributed by atoms with van der Waals surface area (Å²) >= 11 is 1.45. The van der Waals surface area contributed by atoms with E-state index in [4.69, 9.17) is 5.11 Å². The number of carboxylic acids is 1. The minimum absolute atomic E-state index is 0.111. The molecule has 0 radical (unpaired) electrons. The Morgan fingerprint density at radius 3 is 2.50 bits per heavy atom. The average molecular weight is 238 g/mol. The Hall–Kier alpha value is -0.960. The van der Waals surface area contributed by atoms with E-state index in [0.717, 1.165) is 5.75 Å². The summed E-state index contributed by atoms with van der Waals surface area (Å²) in [6, 6.07) is 8.24. The second kappa shape index (κ2) is 5.39. The van der Waals surface area contributed by atoms with E-state index in [0.29, 0.717) is 0 Å². The summed E-state index contributed by atoms with van der Waals surface area (Å²) < 4.78 is 0. The zero-order chi connectivity index (χ0) is 12.2. The lowest BCUT2D eigenvalue weighted by Crippen LogP contribution is -2.13. The summed E-state index contributed by atoms with van der Waals surface area (Å²) in [5.41, 5.74) is 2.65. The van der Waals surface area contributed by atoms with E-state index in [1.807, 2.05) is 12.1 Å². The Morgan fingerprint density at radius 2 is 1.94 bits per heavy atom. The number of benzene rings is 1. The molecule has 0 bridgehead atoms. The maximum atomic E-state index is 10.5. The zero-order valence-corrected chi connectivity index (χ0v) is 10.8. The molecule has 0 aromatic heterocycles. The van der Waals surface area contributed by atoms with Gasteiger partial charge in [0.25, 0.3) is 0 Å². The third-order valence-corrected chi connectivity index (χ3v) is 3.27. The number of hydrogen-bond acceptors (Lipinski definition) is 2. The smallest absolute Gasteiger partial charge is 0.313 e. The minimum Gasteiger partial charge on any atom is -0.481 e. The largest absolute Gasteiger partial charge is 0.481 e. The van der Waals surface area contributed by atoms with Gasteiger partial charge < -0.3 is 5.11 Å². The molecule has 0 aliphatic rings. The molecule has 0 atom stereocenters. The number of carboxylic acid groups (broad SMARTS) is 1. The third kappa shape index (κ3) is 3.89. The molecule has 0 saturated heterocycles. The van der Waals surface area contributed by atoms with Gasteiger partial charge in [-0.05, 0) is 16.5 Å². The van der Waals surface area contributed by atoms with Gasteiger partial charge in [-0.15, -0.1) is 11.8 Å². The van der Waals surface area contributed by atoms with E-state index in [1.165, 1.54) is 22.9 Å². The molecule has 0 fully saturated rings. The lowest BCUT2D eigenvalue weighted by Gasteiger charge is -2.22. The first-order valence-electron chi connectivity index (χ1n) is 5.29. The third-order valence-electron chi connectivity index (χ3n) is 2.31. The molecule has 1 rings (SSSR count). The van der Waals surface area contributed by atoms with Crippen LogP contribution in [0, 0.1) is 0 Å². The quantitative estimate of drug-likeness (QED) is 0.874. The Labute approximate surface area is 101 Å². The van der Waals surface area contributed by atoms with Crippen LogP contribution in [-0.2, 0) is 16.0 Å². The molecule has 0 amide bonds. The molecule has 16 heavy (non-hydrogen) atoms. The molecule has 0 aliphatic heterocycles. The lowest BCUT2D eigenvalue weighted by molar-refractivity contribution is -0.133. The first-order chi connectivity index (χ1) is 7.41. The Balaban J connectivity index is 2.76. The van der Waals surface area contributed by atoms with Crippen LogP contribution in [0.5, 0.6) is 0 Å². The summed E-state index contributed by atoms with van der Waals surface area (Å²) in [5.74, 6) is 0.177. The maximum absolute atomic E-state index is 10.5. The molecule has 0 heterocycles. The van der Waals surface area contributed by atoms with Crippen molar-refractivity contribution in [1.82, 2.24) is 0 Å². The predicted octanol–water partition coefficient (Wildman–Crippen LogP) is 3.30. The molecule has 0 unspecified atom stereocenters. The summed E-state index contributed by atoms with van der Waals surface area (Å²) in [6.07, 6.45) is 0. The number of rotatable bonds is 4. The zero-order valence-electron chi connectivity index (χ0n) is 9.99. The molecule has 1 N–H and O–H groups in total. The molecule has 88 valence electrons. The van der Waals surface area contributed by atoms with Crippen LogP contribution in [0.3, 0.4) is 0 Å². The molecule has 1 aromatic carbocycles. The first kappa shape index (κ1) is 13.1. The second-order valence-electron chi connectivity index (χ2n) is 4.79. The Morgan fingerprint density at radius 1 is 1.31 bits per heavy atom. The van der Waals surface area contributed by atoms with Crippen LogP contribution in [0.4, 0.5) is 0 Å². The van der Waals surface area contributed by atoms with Crippen LogP contribution < -0.4 is 0 Å². The summed E-state index contributed by atoms with van der Waals surface area (Å²) in [6.45, 7) is 6.52.